The van der Waals surface area contributed by atoms with Crippen molar-refractivity contribution in [1.29, 1.82) is 0 Å². The summed E-state index contributed by atoms with van der Waals surface area (Å²) < 4.78 is 5.21. The second-order valence-corrected chi connectivity index (χ2v) is 2.87. The standard InChI is InChI=1S/C9H18O.C2H6O2/c1-3-5-6-7-9-10-8-4-2;3-1-2-4/h4H,2-3,5-9H2,1H3;3-4H,1-2H2. The van der Waals surface area contributed by atoms with Crippen LogP contribution in [0, 0.1) is 0 Å². The van der Waals surface area contributed by atoms with Crippen LogP contribution in [0.25, 0.3) is 0 Å². The lowest BCUT2D eigenvalue weighted by atomic mass is 10.2. The van der Waals surface area contributed by atoms with Gasteiger partial charge in [0.2, 0.25) is 0 Å². The van der Waals surface area contributed by atoms with Crippen LogP contribution >= 0.6 is 0 Å². The molecule has 0 saturated heterocycles. The first-order chi connectivity index (χ1) is 6.83. The summed E-state index contributed by atoms with van der Waals surface area (Å²) in [5.41, 5.74) is 0. The van der Waals surface area contributed by atoms with Crippen molar-refractivity contribution in [2.75, 3.05) is 26.4 Å². The van der Waals surface area contributed by atoms with Gasteiger partial charge in [0.15, 0.2) is 0 Å². The van der Waals surface area contributed by atoms with Gasteiger partial charge in [-0.1, -0.05) is 32.3 Å². The zero-order valence-electron chi connectivity index (χ0n) is 9.24. The van der Waals surface area contributed by atoms with Crippen molar-refractivity contribution in [3.05, 3.63) is 12.7 Å². The van der Waals surface area contributed by atoms with Gasteiger partial charge in [-0.2, -0.15) is 0 Å². The molecule has 0 radical (unpaired) electrons. The van der Waals surface area contributed by atoms with Gasteiger partial charge in [0.25, 0.3) is 0 Å². The predicted octanol–water partition coefficient (Wildman–Crippen LogP) is 1.74. The monoisotopic (exact) mass is 204 g/mol. The Kier molecular flexibility index (Phi) is 21.1. The van der Waals surface area contributed by atoms with Crippen LogP contribution in [0.15, 0.2) is 12.7 Å². The minimum absolute atomic E-state index is 0.125. The average molecular weight is 204 g/mol. The maximum atomic E-state index is 7.62. The van der Waals surface area contributed by atoms with E-state index in [1.807, 2.05) is 0 Å². The molecule has 0 saturated carbocycles. The van der Waals surface area contributed by atoms with Crippen molar-refractivity contribution < 1.29 is 14.9 Å². The highest BCUT2D eigenvalue weighted by Crippen LogP contribution is 1.98. The molecule has 0 aliphatic heterocycles. The maximum Gasteiger partial charge on any atom is 0.0662 e. The maximum absolute atomic E-state index is 7.62. The number of unbranched alkanes of at least 4 members (excludes halogenated alkanes) is 3. The number of hydrogen-bond donors (Lipinski definition) is 2. The predicted molar refractivity (Wildman–Crippen MR) is 59.3 cm³/mol. The highest BCUT2D eigenvalue weighted by molar-refractivity contribution is 4.63. The molecule has 0 aromatic heterocycles. The fourth-order valence-electron chi connectivity index (χ4n) is 0.798. The lowest BCUT2D eigenvalue weighted by Crippen LogP contribution is -1.93. The molecule has 3 heteroatoms. The molecule has 0 aromatic rings. The van der Waals surface area contributed by atoms with E-state index >= 15 is 0 Å². The molecule has 14 heavy (non-hydrogen) atoms. The number of aliphatic hydroxyl groups excluding tert-OH is 2. The molecular weight excluding hydrogens is 180 g/mol. The summed E-state index contributed by atoms with van der Waals surface area (Å²) in [6.07, 6.45) is 6.91. The van der Waals surface area contributed by atoms with E-state index in [2.05, 4.69) is 13.5 Å². The minimum Gasteiger partial charge on any atom is -0.394 e. The van der Waals surface area contributed by atoms with Crippen molar-refractivity contribution in [3.63, 3.8) is 0 Å². The first-order valence-corrected chi connectivity index (χ1v) is 5.23. The van der Waals surface area contributed by atoms with Crippen LogP contribution in [0.3, 0.4) is 0 Å². The van der Waals surface area contributed by atoms with E-state index in [1.54, 1.807) is 6.08 Å². The van der Waals surface area contributed by atoms with Gasteiger partial charge in [0.05, 0.1) is 19.8 Å². The molecule has 0 atom stereocenters. The minimum atomic E-state index is -0.125. The van der Waals surface area contributed by atoms with E-state index in [1.165, 1.54) is 25.7 Å². The van der Waals surface area contributed by atoms with Crippen molar-refractivity contribution in [3.8, 4) is 0 Å². The zero-order valence-corrected chi connectivity index (χ0v) is 9.24. The van der Waals surface area contributed by atoms with Crippen LogP contribution in [0.5, 0.6) is 0 Å². The van der Waals surface area contributed by atoms with Crippen LogP contribution in [0.2, 0.25) is 0 Å². The number of ether oxygens (including phenoxy) is 1. The Morgan fingerprint density at radius 1 is 1.14 bits per heavy atom. The quantitative estimate of drug-likeness (QED) is 0.468. The van der Waals surface area contributed by atoms with Crippen LogP contribution in [-0.4, -0.2) is 36.6 Å². The Morgan fingerprint density at radius 2 is 1.79 bits per heavy atom. The summed E-state index contributed by atoms with van der Waals surface area (Å²) in [7, 11) is 0. The largest absolute Gasteiger partial charge is 0.394 e. The topological polar surface area (TPSA) is 49.7 Å². The summed E-state index contributed by atoms with van der Waals surface area (Å²) in [6, 6.07) is 0. The molecule has 0 rings (SSSR count). The van der Waals surface area contributed by atoms with E-state index in [4.69, 9.17) is 14.9 Å². The zero-order chi connectivity index (χ0) is 11.1. The second kappa shape index (κ2) is 18.4. The van der Waals surface area contributed by atoms with Crippen molar-refractivity contribution >= 4 is 0 Å². The molecule has 3 nitrogen and oxygen atoms in total. The first-order valence-electron chi connectivity index (χ1n) is 5.23. The van der Waals surface area contributed by atoms with E-state index < -0.39 is 0 Å². The van der Waals surface area contributed by atoms with E-state index in [0.29, 0.717) is 6.61 Å². The van der Waals surface area contributed by atoms with Gasteiger partial charge < -0.3 is 14.9 Å². The van der Waals surface area contributed by atoms with Crippen LogP contribution in [0.4, 0.5) is 0 Å². The highest BCUT2D eigenvalue weighted by atomic mass is 16.5. The molecule has 0 spiro atoms. The van der Waals surface area contributed by atoms with Gasteiger partial charge in [0.1, 0.15) is 0 Å². The molecule has 0 aliphatic carbocycles. The van der Waals surface area contributed by atoms with Gasteiger partial charge in [-0.25, -0.2) is 0 Å². The molecule has 86 valence electrons. The summed E-state index contributed by atoms with van der Waals surface area (Å²) in [4.78, 5) is 0. The van der Waals surface area contributed by atoms with Gasteiger partial charge in [-0.15, -0.1) is 6.58 Å². The third-order valence-corrected chi connectivity index (χ3v) is 1.48. The molecule has 0 aromatic carbocycles. The normalized spacial score (nSPS) is 9.07. The van der Waals surface area contributed by atoms with Crippen LogP contribution < -0.4 is 0 Å². The third kappa shape index (κ3) is 22.6. The van der Waals surface area contributed by atoms with Crippen molar-refractivity contribution in [1.82, 2.24) is 0 Å². The van der Waals surface area contributed by atoms with E-state index in [9.17, 15) is 0 Å². The molecule has 0 aliphatic rings. The van der Waals surface area contributed by atoms with Crippen LogP contribution in [0.1, 0.15) is 32.6 Å². The Hall–Kier alpha value is -0.380. The Balaban J connectivity index is 0. The van der Waals surface area contributed by atoms with Gasteiger partial charge >= 0.3 is 0 Å². The van der Waals surface area contributed by atoms with Crippen molar-refractivity contribution in [2.24, 2.45) is 0 Å². The molecule has 0 fully saturated rings. The SMILES string of the molecule is C=CCOCCCCCC.OCCO. The summed E-state index contributed by atoms with van der Waals surface area (Å²) in [6.45, 7) is 7.13. The number of rotatable bonds is 8. The van der Waals surface area contributed by atoms with Crippen LogP contribution in [-0.2, 0) is 4.74 Å². The Morgan fingerprint density at radius 3 is 2.21 bits per heavy atom. The van der Waals surface area contributed by atoms with Crippen molar-refractivity contribution in [2.45, 2.75) is 32.6 Å². The molecule has 0 amide bonds. The fourth-order valence-corrected chi connectivity index (χ4v) is 0.798. The highest BCUT2D eigenvalue weighted by Gasteiger charge is 1.85. The number of aliphatic hydroxyl groups is 2. The Bertz CT molecular complexity index is 92.5. The molecule has 2 N–H and O–H groups in total. The number of hydrogen-bond acceptors (Lipinski definition) is 3. The summed E-state index contributed by atoms with van der Waals surface area (Å²) in [5, 5.41) is 15.2. The van der Waals surface area contributed by atoms with E-state index in [0.717, 1.165) is 6.61 Å². The summed E-state index contributed by atoms with van der Waals surface area (Å²) >= 11 is 0. The van der Waals surface area contributed by atoms with E-state index in [-0.39, 0.29) is 13.2 Å². The van der Waals surface area contributed by atoms with Gasteiger partial charge in [-0.3, -0.25) is 0 Å². The fraction of sp³-hybridized carbons (Fsp3) is 0.818. The van der Waals surface area contributed by atoms with Gasteiger partial charge in [0, 0.05) is 6.61 Å². The second-order valence-electron chi connectivity index (χ2n) is 2.87. The molecule has 0 unspecified atom stereocenters. The molecular formula is C11H24O3. The lowest BCUT2D eigenvalue weighted by molar-refractivity contribution is 0.157. The summed E-state index contributed by atoms with van der Waals surface area (Å²) in [5.74, 6) is 0. The molecule has 0 bridgehead atoms. The molecule has 0 heterocycles. The lowest BCUT2D eigenvalue weighted by Gasteiger charge is -1.99. The smallest absolute Gasteiger partial charge is 0.0662 e. The van der Waals surface area contributed by atoms with Gasteiger partial charge in [-0.05, 0) is 6.42 Å². The third-order valence-electron chi connectivity index (χ3n) is 1.48. The average Bonchev–Trinajstić information content (AvgIpc) is 2.24. The Labute approximate surface area is 87.4 Å². The first kappa shape index (κ1) is 16.1.